The van der Waals surface area contributed by atoms with Gasteiger partial charge >= 0.3 is 0 Å². The minimum atomic E-state index is -0.337. The van der Waals surface area contributed by atoms with E-state index in [2.05, 4.69) is 36.5 Å². The molecule has 0 radical (unpaired) electrons. The van der Waals surface area contributed by atoms with Crippen molar-refractivity contribution in [1.29, 1.82) is 0 Å². The summed E-state index contributed by atoms with van der Waals surface area (Å²) >= 11 is 0. The minimum Gasteiger partial charge on any atom is -0.491 e. The molecule has 0 amide bonds. The Morgan fingerprint density at radius 3 is 2.47 bits per heavy atom. The predicted molar refractivity (Wildman–Crippen MR) is 76.1 cm³/mol. The molecule has 2 rings (SSSR count). The van der Waals surface area contributed by atoms with Crippen molar-refractivity contribution in [2.45, 2.75) is 20.4 Å². The predicted octanol–water partition coefficient (Wildman–Crippen LogP) is 4.14. The number of hydrogen-bond donors (Lipinski definition) is 1. The van der Waals surface area contributed by atoms with Crippen molar-refractivity contribution in [1.82, 2.24) is 0 Å². The molecule has 0 fully saturated rings. The lowest BCUT2D eigenvalue weighted by molar-refractivity contribution is 0.321. The number of halogens is 1. The van der Waals surface area contributed by atoms with Gasteiger partial charge in [0.25, 0.3) is 0 Å². The van der Waals surface area contributed by atoms with E-state index < -0.39 is 0 Å². The Bertz CT molecular complexity index is 537. The van der Waals surface area contributed by atoms with Crippen LogP contribution < -0.4 is 10.1 Å². The Morgan fingerprint density at radius 1 is 1.11 bits per heavy atom. The van der Waals surface area contributed by atoms with Gasteiger partial charge in [-0.25, -0.2) is 4.39 Å². The fourth-order valence-corrected chi connectivity index (χ4v) is 1.79. The largest absolute Gasteiger partial charge is 0.491 e. The van der Waals surface area contributed by atoms with E-state index in [0.717, 1.165) is 5.69 Å². The molecule has 2 nitrogen and oxygen atoms in total. The van der Waals surface area contributed by atoms with Crippen molar-refractivity contribution in [2.24, 2.45) is 0 Å². The monoisotopic (exact) mass is 259 g/mol. The van der Waals surface area contributed by atoms with Crippen LogP contribution in [0.5, 0.6) is 5.75 Å². The molecule has 0 saturated heterocycles. The summed E-state index contributed by atoms with van der Waals surface area (Å²) in [6.45, 7) is 5.03. The van der Waals surface area contributed by atoms with Gasteiger partial charge in [0, 0.05) is 18.3 Å². The Labute approximate surface area is 113 Å². The van der Waals surface area contributed by atoms with Gasteiger partial charge < -0.3 is 10.1 Å². The number of aryl methyl sites for hydroxylation is 1. The number of anilines is 1. The maximum atomic E-state index is 13.7. The van der Waals surface area contributed by atoms with E-state index in [0.29, 0.717) is 18.9 Å². The van der Waals surface area contributed by atoms with Gasteiger partial charge in [-0.1, -0.05) is 29.8 Å². The Balaban J connectivity index is 1.99. The highest BCUT2D eigenvalue weighted by molar-refractivity contribution is 5.47. The van der Waals surface area contributed by atoms with Crippen LogP contribution in [0.3, 0.4) is 0 Å². The van der Waals surface area contributed by atoms with Crippen molar-refractivity contribution in [3.8, 4) is 5.75 Å². The van der Waals surface area contributed by atoms with Gasteiger partial charge in [0.05, 0.1) is 6.61 Å². The zero-order valence-electron chi connectivity index (χ0n) is 11.2. The highest BCUT2D eigenvalue weighted by Crippen LogP contribution is 2.21. The van der Waals surface area contributed by atoms with E-state index in [9.17, 15) is 4.39 Å². The second-order valence-corrected chi connectivity index (χ2v) is 4.42. The van der Waals surface area contributed by atoms with E-state index >= 15 is 0 Å². The highest BCUT2D eigenvalue weighted by Gasteiger charge is 2.03. The van der Waals surface area contributed by atoms with Crippen molar-refractivity contribution >= 4 is 5.69 Å². The standard InChI is InChI=1S/C16H18FNO/c1-3-19-16-9-8-14(10-15(16)17)18-11-13-6-4-12(2)5-7-13/h4-10,18H,3,11H2,1-2H3. The molecule has 0 aliphatic heterocycles. The minimum absolute atomic E-state index is 0.295. The van der Waals surface area contributed by atoms with Gasteiger partial charge in [-0.15, -0.1) is 0 Å². The lowest BCUT2D eigenvalue weighted by Gasteiger charge is -2.09. The molecular formula is C16H18FNO. The summed E-state index contributed by atoms with van der Waals surface area (Å²) in [5.74, 6) is -0.0425. The molecule has 0 unspecified atom stereocenters. The quantitative estimate of drug-likeness (QED) is 0.871. The molecule has 0 bridgehead atoms. The van der Waals surface area contributed by atoms with Crippen molar-refractivity contribution < 1.29 is 9.13 Å². The molecule has 0 atom stereocenters. The molecule has 0 heterocycles. The summed E-state index contributed by atoms with van der Waals surface area (Å²) in [4.78, 5) is 0. The molecule has 0 saturated carbocycles. The van der Waals surface area contributed by atoms with E-state index in [-0.39, 0.29) is 5.82 Å². The van der Waals surface area contributed by atoms with Gasteiger partial charge in [-0.3, -0.25) is 0 Å². The van der Waals surface area contributed by atoms with Crippen LogP contribution in [-0.4, -0.2) is 6.61 Å². The van der Waals surface area contributed by atoms with Gasteiger partial charge in [0.2, 0.25) is 0 Å². The van der Waals surface area contributed by atoms with E-state index in [1.54, 1.807) is 6.07 Å². The first-order chi connectivity index (χ1) is 9.19. The first kappa shape index (κ1) is 13.4. The zero-order valence-corrected chi connectivity index (χ0v) is 11.2. The molecule has 2 aromatic carbocycles. The average Bonchev–Trinajstić information content (AvgIpc) is 2.41. The number of nitrogens with one attached hydrogen (secondary N) is 1. The normalized spacial score (nSPS) is 10.3. The number of rotatable bonds is 5. The lowest BCUT2D eigenvalue weighted by Crippen LogP contribution is -2.01. The third kappa shape index (κ3) is 3.71. The highest BCUT2D eigenvalue weighted by atomic mass is 19.1. The Kier molecular flexibility index (Phi) is 4.39. The van der Waals surface area contributed by atoms with Gasteiger partial charge in [-0.2, -0.15) is 0 Å². The number of benzene rings is 2. The molecule has 100 valence electrons. The second kappa shape index (κ2) is 6.23. The topological polar surface area (TPSA) is 21.3 Å². The first-order valence-electron chi connectivity index (χ1n) is 6.41. The maximum absolute atomic E-state index is 13.7. The van der Waals surface area contributed by atoms with Crippen LogP contribution in [0.2, 0.25) is 0 Å². The molecule has 0 aliphatic carbocycles. The molecule has 0 spiro atoms. The van der Waals surface area contributed by atoms with Crippen LogP contribution in [0.1, 0.15) is 18.1 Å². The first-order valence-corrected chi connectivity index (χ1v) is 6.41. The third-order valence-electron chi connectivity index (χ3n) is 2.85. The Hall–Kier alpha value is -2.03. The van der Waals surface area contributed by atoms with Crippen LogP contribution >= 0.6 is 0 Å². The van der Waals surface area contributed by atoms with Crippen molar-refractivity contribution in [3.63, 3.8) is 0 Å². The van der Waals surface area contributed by atoms with Gasteiger partial charge in [-0.05, 0) is 31.5 Å². The maximum Gasteiger partial charge on any atom is 0.167 e. The third-order valence-corrected chi connectivity index (χ3v) is 2.85. The molecule has 19 heavy (non-hydrogen) atoms. The summed E-state index contributed by atoms with van der Waals surface area (Å²) in [6.07, 6.45) is 0. The SMILES string of the molecule is CCOc1ccc(NCc2ccc(C)cc2)cc1F. The smallest absolute Gasteiger partial charge is 0.167 e. The molecular weight excluding hydrogens is 241 g/mol. The van der Waals surface area contributed by atoms with Gasteiger partial charge in [0.1, 0.15) is 0 Å². The van der Waals surface area contributed by atoms with Crippen LogP contribution in [0.4, 0.5) is 10.1 Å². The van der Waals surface area contributed by atoms with E-state index in [1.807, 2.05) is 13.0 Å². The number of ether oxygens (including phenoxy) is 1. The van der Waals surface area contributed by atoms with E-state index in [1.165, 1.54) is 17.2 Å². The van der Waals surface area contributed by atoms with Crippen molar-refractivity contribution in [2.75, 3.05) is 11.9 Å². The fourth-order valence-electron chi connectivity index (χ4n) is 1.79. The fraction of sp³-hybridized carbons (Fsp3) is 0.250. The average molecular weight is 259 g/mol. The Morgan fingerprint density at radius 2 is 1.84 bits per heavy atom. The summed E-state index contributed by atoms with van der Waals surface area (Å²) < 4.78 is 18.8. The summed E-state index contributed by atoms with van der Waals surface area (Å²) in [6, 6.07) is 13.2. The molecule has 2 aromatic rings. The molecule has 0 aromatic heterocycles. The van der Waals surface area contributed by atoms with Gasteiger partial charge in [0.15, 0.2) is 11.6 Å². The number of hydrogen-bond acceptors (Lipinski definition) is 2. The summed E-state index contributed by atoms with van der Waals surface area (Å²) in [5, 5.41) is 3.19. The zero-order chi connectivity index (χ0) is 13.7. The summed E-state index contributed by atoms with van der Waals surface area (Å²) in [7, 11) is 0. The molecule has 0 aliphatic rings. The van der Waals surface area contributed by atoms with Crippen LogP contribution in [0.15, 0.2) is 42.5 Å². The molecule has 3 heteroatoms. The van der Waals surface area contributed by atoms with Crippen LogP contribution in [0.25, 0.3) is 0 Å². The summed E-state index contributed by atoms with van der Waals surface area (Å²) in [5.41, 5.74) is 3.15. The van der Waals surface area contributed by atoms with Crippen LogP contribution in [-0.2, 0) is 6.54 Å². The molecule has 1 N–H and O–H groups in total. The van der Waals surface area contributed by atoms with Crippen LogP contribution in [0, 0.1) is 12.7 Å². The van der Waals surface area contributed by atoms with E-state index in [4.69, 9.17) is 4.74 Å². The van der Waals surface area contributed by atoms with Crippen molar-refractivity contribution in [3.05, 3.63) is 59.4 Å². The lowest BCUT2D eigenvalue weighted by atomic mass is 10.1. The second-order valence-electron chi connectivity index (χ2n) is 4.42.